The standard InChI is InChI=1S/C19H30N2O2S/c1-15-5-7-17(24-15)16(22)6-8-18(23)21-13-11-20(12-14-21)10-9-19(2,3)4/h5,7H,6,8-14H2,1-4H3. The molecule has 2 heterocycles. The smallest absolute Gasteiger partial charge is 0.223 e. The Hall–Kier alpha value is -1.20. The molecule has 0 N–H and O–H groups in total. The molecule has 5 heteroatoms. The molecule has 1 aromatic rings. The topological polar surface area (TPSA) is 40.6 Å². The van der Waals surface area contributed by atoms with Gasteiger partial charge in [-0.1, -0.05) is 20.8 Å². The minimum Gasteiger partial charge on any atom is -0.340 e. The van der Waals surface area contributed by atoms with Crippen LogP contribution in [0.1, 0.15) is 54.6 Å². The molecule has 134 valence electrons. The number of amides is 1. The maximum absolute atomic E-state index is 12.3. The van der Waals surface area contributed by atoms with E-state index in [4.69, 9.17) is 0 Å². The Kier molecular flexibility index (Phi) is 6.58. The Morgan fingerprint density at radius 2 is 1.75 bits per heavy atom. The van der Waals surface area contributed by atoms with E-state index in [1.54, 1.807) is 0 Å². The van der Waals surface area contributed by atoms with Crippen molar-refractivity contribution in [2.24, 2.45) is 5.41 Å². The summed E-state index contributed by atoms with van der Waals surface area (Å²) in [4.78, 5) is 30.7. The highest BCUT2D eigenvalue weighted by Crippen LogP contribution is 2.20. The molecule has 1 saturated heterocycles. The van der Waals surface area contributed by atoms with Crippen molar-refractivity contribution in [1.29, 1.82) is 0 Å². The Labute approximate surface area is 149 Å². The van der Waals surface area contributed by atoms with E-state index >= 15 is 0 Å². The summed E-state index contributed by atoms with van der Waals surface area (Å²) in [6.45, 7) is 13.3. The summed E-state index contributed by atoms with van der Waals surface area (Å²) < 4.78 is 0. The van der Waals surface area contributed by atoms with Crippen molar-refractivity contribution >= 4 is 23.0 Å². The number of piperazine rings is 1. The normalized spacial score (nSPS) is 16.4. The fourth-order valence-electron chi connectivity index (χ4n) is 2.80. The fourth-order valence-corrected chi connectivity index (χ4v) is 3.64. The van der Waals surface area contributed by atoms with Gasteiger partial charge in [-0.3, -0.25) is 14.5 Å². The largest absolute Gasteiger partial charge is 0.340 e. The monoisotopic (exact) mass is 350 g/mol. The number of hydrogen-bond acceptors (Lipinski definition) is 4. The van der Waals surface area contributed by atoms with Crippen molar-refractivity contribution in [1.82, 2.24) is 9.80 Å². The van der Waals surface area contributed by atoms with Crippen LogP contribution < -0.4 is 0 Å². The van der Waals surface area contributed by atoms with Gasteiger partial charge in [0.05, 0.1) is 4.88 Å². The van der Waals surface area contributed by atoms with E-state index in [0.717, 1.165) is 42.5 Å². The lowest BCUT2D eigenvalue weighted by molar-refractivity contribution is -0.132. The molecule has 0 bridgehead atoms. The van der Waals surface area contributed by atoms with Gasteiger partial charge in [0, 0.05) is 43.9 Å². The van der Waals surface area contributed by atoms with Crippen LogP contribution in [0, 0.1) is 12.3 Å². The Morgan fingerprint density at radius 3 is 2.29 bits per heavy atom. The average molecular weight is 351 g/mol. The van der Waals surface area contributed by atoms with E-state index in [0.29, 0.717) is 18.3 Å². The van der Waals surface area contributed by atoms with Crippen molar-refractivity contribution in [3.05, 3.63) is 21.9 Å². The molecule has 0 spiro atoms. The van der Waals surface area contributed by atoms with Crippen molar-refractivity contribution in [3.8, 4) is 0 Å². The molecule has 0 aromatic carbocycles. The fraction of sp³-hybridized carbons (Fsp3) is 0.684. The summed E-state index contributed by atoms with van der Waals surface area (Å²) in [6.07, 6.45) is 1.83. The molecule has 0 atom stereocenters. The van der Waals surface area contributed by atoms with Crippen LogP contribution in [0.15, 0.2) is 12.1 Å². The molecule has 1 amide bonds. The summed E-state index contributed by atoms with van der Waals surface area (Å²) >= 11 is 1.51. The first-order valence-electron chi connectivity index (χ1n) is 8.84. The third-order valence-electron chi connectivity index (χ3n) is 4.48. The van der Waals surface area contributed by atoms with Crippen molar-refractivity contribution in [2.45, 2.75) is 47.0 Å². The minimum atomic E-state index is 0.0882. The summed E-state index contributed by atoms with van der Waals surface area (Å²) in [5.41, 5.74) is 0.355. The maximum Gasteiger partial charge on any atom is 0.223 e. The highest BCUT2D eigenvalue weighted by Gasteiger charge is 2.22. The predicted molar refractivity (Wildman–Crippen MR) is 99.7 cm³/mol. The van der Waals surface area contributed by atoms with E-state index in [1.807, 2.05) is 24.0 Å². The van der Waals surface area contributed by atoms with Crippen molar-refractivity contribution in [2.75, 3.05) is 32.7 Å². The van der Waals surface area contributed by atoms with Gasteiger partial charge in [-0.2, -0.15) is 0 Å². The average Bonchev–Trinajstić information content (AvgIpc) is 2.96. The predicted octanol–water partition coefficient (Wildman–Crippen LogP) is 3.60. The lowest BCUT2D eigenvalue weighted by Crippen LogP contribution is -2.49. The van der Waals surface area contributed by atoms with Gasteiger partial charge in [0.15, 0.2) is 5.78 Å². The first kappa shape index (κ1) is 19.1. The molecular weight excluding hydrogens is 320 g/mol. The van der Waals surface area contributed by atoms with Crippen LogP contribution in [-0.4, -0.2) is 54.2 Å². The van der Waals surface area contributed by atoms with Crippen LogP contribution in [0.25, 0.3) is 0 Å². The molecule has 0 aliphatic carbocycles. The maximum atomic E-state index is 12.3. The van der Waals surface area contributed by atoms with Gasteiger partial charge >= 0.3 is 0 Å². The lowest BCUT2D eigenvalue weighted by Gasteiger charge is -2.36. The molecule has 1 aromatic heterocycles. The number of carbonyl (C=O) groups is 2. The van der Waals surface area contributed by atoms with E-state index in [9.17, 15) is 9.59 Å². The van der Waals surface area contributed by atoms with Crippen LogP contribution in [-0.2, 0) is 4.79 Å². The zero-order valence-corrected chi connectivity index (χ0v) is 16.2. The van der Waals surface area contributed by atoms with Crippen LogP contribution in [0.5, 0.6) is 0 Å². The summed E-state index contributed by atoms with van der Waals surface area (Å²) in [5, 5.41) is 0. The summed E-state index contributed by atoms with van der Waals surface area (Å²) in [7, 11) is 0. The zero-order chi connectivity index (χ0) is 17.7. The molecule has 1 aliphatic rings. The minimum absolute atomic E-state index is 0.0882. The highest BCUT2D eigenvalue weighted by molar-refractivity contribution is 7.14. The Morgan fingerprint density at radius 1 is 1.08 bits per heavy atom. The Balaban J connectivity index is 1.70. The molecular formula is C19H30N2O2S. The second kappa shape index (κ2) is 8.26. The van der Waals surface area contributed by atoms with Gasteiger partial charge in [-0.15, -0.1) is 11.3 Å². The number of nitrogens with zero attached hydrogens (tertiary/aromatic N) is 2. The second-order valence-electron chi connectivity index (χ2n) is 7.87. The van der Waals surface area contributed by atoms with Crippen LogP contribution in [0.4, 0.5) is 0 Å². The summed E-state index contributed by atoms with van der Waals surface area (Å²) in [6, 6.07) is 3.82. The molecule has 1 fully saturated rings. The molecule has 0 unspecified atom stereocenters. The van der Waals surface area contributed by atoms with Crippen LogP contribution in [0.3, 0.4) is 0 Å². The van der Waals surface area contributed by atoms with Gasteiger partial charge in [-0.25, -0.2) is 0 Å². The third-order valence-corrected chi connectivity index (χ3v) is 5.53. The number of hydrogen-bond donors (Lipinski definition) is 0. The van der Waals surface area contributed by atoms with Crippen LogP contribution >= 0.6 is 11.3 Å². The van der Waals surface area contributed by atoms with Crippen LogP contribution in [0.2, 0.25) is 0 Å². The van der Waals surface area contributed by atoms with E-state index < -0.39 is 0 Å². The van der Waals surface area contributed by atoms with Crippen molar-refractivity contribution < 1.29 is 9.59 Å². The highest BCUT2D eigenvalue weighted by atomic mass is 32.1. The number of aryl methyl sites for hydroxylation is 1. The first-order valence-corrected chi connectivity index (χ1v) is 9.66. The third kappa shape index (κ3) is 6.02. The number of thiophene rings is 1. The van der Waals surface area contributed by atoms with Gasteiger partial charge < -0.3 is 4.90 Å². The van der Waals surface area contributed by atoms with Gasteiger partial charge in [0.1, 0.15) is 0 Å². The van der Waals surface area contributed by atoms with E-state index in [-0.39, 0.29) is 11.7 Å². The number of carbonyl (C=O) groups excluding carboxylic acids is 2. The molecule has 24 heavy (non-hydrogen) atoms. The SMILES string of the molecule is Cc1ccc(C(=O)CCC(=O)N2CCN(CCC(C)(C)C)CC2)s1. The summed E-state index contributed by atoms with van der Waals surface area (Å²) in [5.74, 6) is 0.206. The van der Waals surface area contributed by atoms with Gasteiger partial charge in [0.2, 0.25) is 5.91 Å². The molecule has 0 radical (unpaired) electrons. The molecule has 2 rings (SSSR count). The number of ketones is 1. The zero-order valence-electron chi connectivity index (χ0n) is 15.4. The second-order valence-corrected chi connectivity index (χ2v) is 9.15. The quantitative estimate of drug-likeness (QED) is 0.736. The van der Waals surface area contributed by atoms with Gasteiger partial charge in [0.25, 0.3) is 0 Å². The first-order chi connectivity index (χ1) is 11.2. The lowest BCUT2D eigenvalue weighted by atomic mass is 9.92. The number of Topliss-reactive ketones (excluding diaryl/α,β-unsaturated/α-hetero) is 1. The molecule has 4 nitrogen and oxygen atoms in total. The van der Waals surface area contributed by atoms with Crippen molar-refractivity contribution in [3.63, 3.8) is 0 Å². The number of rotatable bonds is 6. The van der Waals surface area contributed by atoms with E-state index in [1.165, 1.54) is 17.8 Å². The van der Waals surface area contributed by atoms with E-state index in [2.05, 4.69) is 25.7 Å². The molecule has 0 saturated carbocycles. The molecule has 1 aliphatic heterocycles. The van der Waals surface area contributed by atoms with Gasteiger partial charge in [-0.05, 0) is 37.4 Å². The Bertz CT molecular complexity index is 566.